The molecule has 92 valence electrons. The zero-order chi connectivity index (χ0) is 12.4. The van der Waals surface area contributed by atoms with Crippen LogP contribution in [0.1, 0.15) is 5.56 Å². The lowest BCUT2D eigenvalue weighted by Gasteiger charge is -2.35. The fraction of sp³-hybridized carbons (Fsp3) is 0.417. The number of likely N-dealkylation sites (N-methyl/N-ethyl adjacent to an activating group) is 1. The highest BCUT2D eigenvalue weighted by Crippen LogP contribution is 2.24. The number of benzene rings is 1. The molecule has 5 heteroatoms. The Morgan fingerprint density at radius 3 is 2.53 bits per heavy atom. The van der Waals surface area contributed by atoms with Gasteiger partial charge in [0.1, 0.15) is 10.8 Å². The van der Waals surface area contributed by atoms with Crippen LogP contribution in [0.25, 0.3) is 0 Å². The molecule has 0 radical (unpaired) electrons. The summed E-state index contributed by atoms with van der Waals surface area (Å²) in [4.78, 5) is 4.50. The second-order valence-corrected chi connectivity index (χ2v) is 4.73. The number of thiocarbonyl (C=S) groups is 1. The Balaban J connectivity index is 2.32. The highest BCUT2D eigenvalue weighted by atomic mass is 32.1. The molecule has 0 aromatic heterocycles. The van der Waals surface area contributed by atoms with E-state index in [-0.39, 0.29) is 10.8 Å². The van der Waals surface area contributed by atoms with Gasteiger partial charge in [0.15, 0.2) is 0 Å². The third-order valence-corrected chi connectivity index (χ3v) is 3.29. The lowest BCUT2D eigenvalue weighted by Crippen LogP contribution is -2.45. The number of rotatable bonds is 2. The molecule has 0 unspecified atom stereocenters. The van der Waals surface area contributed by atoms with Crippen molar-refractivity contribution in [1.29, 1.82) is 0 Å². The standard InChI is InChI=1S/C12H16FN3S/c1-15-5-7-16(8-6-15)10-4-2-3-9(13)11(10)12(14)17/h2-4H,5-8H2,1H3,(H2,14,17). The van der Waals surface area contributed by atoms with Crippen LogP contribution >= 0.6 is 12.2 Å². The fourth-order valence-corrected chi connectivity index (χ4v) is 2.27. The van der Waals surface area contributed by atoms with E-state index in [1.807, 2.05) is 6.07 Å². The number of nitrogens with zero attached hydrogens (tertiary/aromatic N) is 2. The fourth-order valence-electron chi connectivity index (χ4n) is 2.07. The van der Waals surface area contributed by atoms with Crippen LogP contribution in [0, 0.1) is 5.82 Å². The van der Waals surface area contributed by atoms with Crippen molar-refractivity contribution < 1.29 is 4.39 Å². The molecule has 0 bridgehead atoms. The summed E-state index contributed by atoms with van der Waals surface area (Å²) in [5.74, 6) is -0.339. The van der Waals surface area contributed by atoms with E-state index in [2.05, 4.69) is 16.8 Å². The topological polar surface area (TPSA) is 32.5 Å². The van der Waals surface area contributed by atoms with Crippen molar-refractivity contribution in [2.24, 2.45) is 5.73 Å². The van der Waals surface area contributed by atoms with Gasteiger partial charge in [-0.05, 0) is 19.2 Å². The van der Waals surface area contributed by atoms with Gasteiger partial charge in [0.25, 0.3) is 0 Å². The summed E-state index contributed by atoms with van der Waals surface area (Å²) in [6.45, 7) is 3.67. The van der Waals surface area contributed by atoms with Gasteiger partial charge in [-0.25, -0.2) is 4.39 Å². The molecule has 3 nitrogen and oxygen atoms in total. The predicted molar refractivity (Wildman–Crippen MR) is 72.0 cm³/mol. The minimum atomic E-state index is -0.339. The van der Waals surface area contributed by atoms with Crippen LogP contribution in [0.15, 0.2) is 18.2 Å². The summed E-state index contributed by atoms with van der Waals surface area (Å²) < 4.78 is 13.7. The first-order valence-electron chi connectivity index (χ1n) is 5.61. The first-order chi connectivity index (χ1) is 8.09. The zero-order valence-electron chi connectivity index (χ0n) is 9.82. The Kier molecular flexibility index (Phi) is 3.59. The Hall–Kier alpha value is -1.20. The molecule has 0 spiro atoms. The highest BCUT2D eigenvalue weighted by Gasteiger charge is 2.19. The van der Waals surface area contributed by atoms with Gasteiger partial charge in [-0.3, -0.25) is 0 Å². The molecule has 1 aliphatic heterocycles. The first-order valence-corrected chi connectivity index (χ1v) is 6.02. The Bertz CT molecular complexity index is 428. The monoisotopic (exact) mass is 253 g/mol. The number of nitrogens with two attached hydrogens (primary N) is 1. The molecule has 0 aliphatic carbocycles. The Morgan fingerprint density at radius 1 is 1.29 bits per heavy atom. The van der Waals surface area contributed by atoms with Crippen molar-refractivity contribution in [2.75, 3.05) is 38.1 Å². The molecular formula is C12H16FN3S. The quantitative estimate of drug-likeness (QED) is 0.803. The summed E-state index contributed by atoms with van der Waals surface area (Å²) in [6, 6.07) is 4.97. The van der Waals surface area contributed by atoms with E-state index in [0.717, 1.165) is 31.9 Å². The maximum absolute atomic E-state index is 13.7. The molecule has 0 saturated carbocycles. The molecule has 0 amide bonds. The van der Waals surface area contributed by atoms with Crippen molar-refractivity contribution >= 4 is 22.9 Å². The minimum absolute atomic E-state index is 0.122. The summed E-state index contributed by atoms with van der Waals surface area (Å²) in [5, 5.41) is 0. The van der Waals surface area contributed by atoms with Gasteiger partial charge in [-0.15, -0.1) is 0 Å². The van der Waals surface area contributed by atoms with Gasteiger partial charge in [0, 0.05) is 31.9 Å². The van der Waals surface area contributed by atoms with E-state index in [1.165, 1.54) is 6.07 Å². The van der Waals surface area contributed by atoms with Gasteiger partial charge in [0.2, 0.25) is 0 Å². The van der Waals surface area contributed by atoms with Crippen LogP contribution in [0.3, 0.4) is 0 Å². The van der Waals surface area contributed by atoms with Gasteiger partial charge < -0.3 is 15.5 Å². The number of anilines is 1. The number of hydrogen-bond acceptors (Lipinski definition) is 3. The largest absolute Gasteiger partial charge is 0.389 e. The minimum Gasteiger partial charge on any atom is -0.389 e. The Labute approximate surface area is 106 Å². The van der Waals surface area contributed by atoms with Gasteiger partial charge in [-0.1, -0.05) is 18.3 Å². The van der Waals surface area contributed by atoms with Crippen LogP contribution in [-0.4, -0.2) is 43.1 Å². The summed E-state index contributed by atoms with van der Waals surface area (Å²) in [7, 11) is 2.08. The molecule has 1 saturated heterocycles. The van der Waals surface area contributed by atoms with Gasteiger partial charge >= 0.3 is 0 Å². The van der Waals surface area contributed by atoms with Crippen molar-refractivity contribution in [1.82, 2.24) is 4.90 Å². The SMILES string of the molecule is CN1CCN(c2cccc(F)c2C(N)=S)CC1. The van der Waals surface area contributed by atoms with Crippen molar-refractivity contribution in [3.63, 3.8) is 0 Å². The molecule has 1 heterocycles. The lowest BCUT2D eigenvalue weighted by atomic mass is 10.1. The summed E-state index contributed by atoms with van der Waals surface area (Å²) in [5.41, 5.74) is 6.78. The molecule has 2 N–H and O–H groups in total. The second kappa shape index (κ2) is 4.98. The van der Waals surface area contributed by atoms with Crippen molar-refractivity contribution in [3.05, 3.63) is 29.6 Å². The number of piperazine rings is 1. The zero-order valence-corrected chi connectivity index (χ0v) is 10.6. The maximum Gasteiger partial charge on any atom is 0.135 e. The van der Waals surface area contributed by atoms with Crippen LogP contribution < -0.4 is 10.6 Å². The molecule has 1 aliphatic rings. The van der Waals surface area contributed by atoms with Gasteiger partial charge in [0.05, 0.1) is 5.56 Å². The summed E-state index contributed by atoms with van der Waals surface area (Å²) in [6.07, 6.45) is 0. The number of halogens is 1. The third kappa shape index (κ3) is 2.56. The van der Waals surface area contributed by atoms with E-state index in [9.17, 15) is 4.39 Å². The molecule has 1 fully saturated rings. The highest BCUT2D eigenvalue weighted by molar-refractivity contribution is 7.80. The third-order valence-electron chi connectivity index (χ3n) is 3.08. The van der Waals surface area contributed by atoms with E-state index in [1.54, 1.807) is 6.07 Å². The second-order valence-electron chi connectivity index (χ2n) is 4.29. The Morgan fingerprint density at radius 2 is 1.94 bits per heavy atom. The van der Waals surface area contributed by atoms with E-state index >= 15 is 0 Å². The molecule has 1 aromatic rings. The molecule has 2 rings (SSSR count). The van der Waals surface area contributed by atoms with Crippen molar-refractivity contribution in [2.45, 2.75) is 0 Å². The van der Waals surface area contributed by atoms with Crippen LogP contribution in [0.5, 0.6) is 0 Å². The molecular weight excluding hydrogens is 237 g/mol. The van der Waals surface area contributed by atoms with Gasteiger partial charge in [-0.2, -0.15) is 0 Å². The van der Waals surface area contributed by atoms with Crippen molar-refractivity contribution in [3.8, 4) is 0 Å². The lowest BCUT2D eigenvalue weighted by molar-refractivity contribution is 0.312. The normalized spacial score (nSPS) is 17.2. The van der Waals surface area contributed by atoms with Crippen LogP contribution in [0.2, 0.25) is 0 Å². The first kappa shape index (κ1) is 12.3. The van der Waals surface area contributed by atoms with Crippen LogP contribution in [0.4, 0.5) is 10.1 Å². The predicted octanol–water partition coefficient (Wildman–Crippen LogP) is 1.21. The average Bonchev–Trinajstić information content (AvgIpc) is 2.29. The molecule has 1 aromatic carbocycles. The smallest absolute Gasteiger partial charge is 0.135 e. The van der Waals surface area contributed by atoms with E-state index < -0.39 is 0 Å². The van der Waals surface area contributed by atoms with E-state index in [0.29, 0.717) is 5.56 Å². The maximum atomic E-state index is 13.7. The van der Waals surface area contributed by atoms with Crippen LogP contribution in [-0.2, 0) is 0 Å². The number of hydrogen-bond donors (Lipinski definition) is 1. The molecule has 17 heavy (non-hydrogen) atoms. The summed E-state index contributed by atoms with van der Waals surface area (Å²) >= 11 is 4.93. The average molecular weight is 253 g/mol. The van der Waals surface area contributed by atoms with E-state index in [4.69, 9.17) is 18.0 Å². The molecule has 0 atom stereocenters.